The average Bonchev–Trinajstić information content (AvgIpc) is 2.76. The first-order valence-corrected chi connectivity index (χ1v) is 9.76. The number of aromatic nitrogens is 2. The first-order valence-electron chi connectivity index (χ1n) is 9.01. The molecule has 30 heavy (non-hydrogen) atoms. The molecule has 0 radical (unpaired) electrons. The fraction of sp³-hybridized carbons (Fsp3) is 0.143. The van der Waals surface area contributed by atoms with Gasteiger partial charge < -0.3 is 16.4 Å². The SMILES string of the molecule is CCC(=O)c1ccccc1N.CNC(=O)c1ccccc1Nc1nc(Cl)cnc1Cl. The summed E-state index contributed by atoms with van der Waals surface area (Å²) in [7, 11) is 1.56. The van der Waals surface area contributed by atoms with Gasteiger partial charge in [0.2, 0.25) is 0 Å². The summed E-state index contributed by atoms with van der Waals surface area (Å²) in [5.41, 5.74) is 7.82. The lowest BCUT2D eigenvalue weighted by atomic mass is 10.1. The second kappa shape index (κ2) is 11.1. The van der Waals surface area contributed by atoms with E-state index in [1.165, 1.54) is 6.20 Å². The summed E-state index contributed by atoms with van der Waals surface area (Å²) < 4.78 is 0. The molecule has 0 bridgehead atoms. The number of nitrogens with one attached hydrogen (secondary N) is 2. The third-order valence-corrected chi connectivity index (χ3v) is 4.39. The molecule has 0 aliphatic carbocycles. The van der Waals surface area contributed by atoms with Gasteiger partial charge in [-0.3, -0.25) is 9.59 Å². The van der Waals surface area contributed by atoms with Crippen LogP contribution in [0.5, 0.6) is 0 Å². The Morgan fingerprint density at radius 2 is 1.67 bits per heavy atom. The van der Waals surface area contributed by atoms with E-state index in [-0.39, 0.29) is 22.0 Å². The van der Waals surface area contributed by atoms with Gasteiger partial charge in [0, 0.05) is 24.7 Å². The molecule has 2 aromatic carbocycles. The van der Waals surface area contributed by atoms with Crippen LogP contribution in [0.1, 0.15) is 34.1 Å². The van der Waals surface area contributed by atoms with Crippen LogP contribution in [0.2, 0.25) is 10.3 Å². The summed E-state index contributed by atoms with van der Waals surface area (Å²) in [4.78, 5) is 30.8. The number of nitrogens with two attached hydrogens (primary N) is 1. The van der Waals surface area contributed by atoms with E-state index in [1.54, 1.807) is 43.4 Å². The Bertz CT molecular complexity index is 1040. The van der Waals surface area contributed by atoms with Crippen LogP contribution in [0.25, 0.3) is 0 Å². The molecule has 156 valence electrons. The molecule has 1 aromatic heterocycles. The highest BCUT2D eigenvalue weighted by molar-refractivity contribution is 6.33. The van der Waals surface area contributed by atoms with E-state index in [4.69, 9.17) is 28.9 Å². The minimum absolute atomic E-state index is 0.100. The molecule has 1 heterocycles. The Kier molecular flexibility index (Phi) is 8.58. The molecule has 0 atom stereocenters. The lowest BCUT2D eigenvalue weighted by Crippen LogP contribution is -2.19. The van der Waals surface area contributed by atoms with Crippen LogP contribution in [0.3, 0.4) is 0 Å². The molecule has 0 unspecified atom stereocenters. The van der Waals surface area contributed by atoms with E-state index in [0.29, 0.717) is 34.7 Å². The fourth-order valence-corrected chi connectivity index (χ4v) is 2.70. The number of hydrogen-bond acceptors (Lipinski definition) is 6. The van der Waals surface area contributed by atoms with Gasteiger partial charge in [0.25, 0.3) is 5.91 Å². The summed E-state index contributed by atoms with van der Waals surface area (Å²) in [6, 6.07) is 14.1. The largest absolute Gasteiger partial charge is 0.398 e. The van der Waals surface area contributed by atoms with Gasteiger partial charge in [0.1, 0.15) is 5.15 Å². The first kappa shape index (κ1) is 23.1. The number of benzene rings is 2. The molecule has 0 spiro atoms. The molecule has 3 aromatic rings. The Hall–Kier alpha value is -3.16. The van der Waals surface area contributed by atoms with E-state index in [0.717, 1.165) is 0 Å². The second-order valence-electron chi connectivity index (χ2n) is 5.95. The Labute approximate surface area is 184 Å². The first-order chi connectivity index (χ1) is 14.4. The van der Waals surface area contributed by atoms with Crippen LogP contribution in [-0.4, -0.2) is 28.7 Å². The third-order valence-electron chi connectivity index (χ3n) is 3.93. The van der Waals surface area contributed by atoms with Gasteiger partial charge in [0.15, 0.2) is 16.8 Å². The number of rotatable bonds is 5. The fourth-order valence-electron chi connectivity index (χ4n) is 2.43. The highest BCUT2D eigenvalue weighted by atomic mass is 35.5. The predicted molar refractivity (Wildman–Crippen MR) is 121 cm³/mol. The lowest BCUT2D eigenvalue weighted by Gasteiger charge is -2.11. The smallest absolute Gasteiger partial charge is 0.253 e. The van der Waals surface area contributed by atoms with Crippen molar-refractivity contribution in [2.75, 3.05) is 18.1 Å². The van der Waals surface area contributed by atoms with Gasteiger partial charge >= 0.3 is 0 Å². The molecule has 4 N–H and O–H groups in total. The minimum atomic E-state index is -0.214. The molecule has 0 fully saturated rings. The van der Waals surface area contributed by atoms with E-state index >= 15 is 0 Å². The topological polar surface area (TPSA) is 110 Å². The van der Waals surface area contributed by atoms with Crippen molar-refractivity contribution < 1.29 is 9.59 Å². The molecule has 0 aliphatic heterocycles. The number of anilines is 3. The number of Topliss-reactive ketones (excluding diaryl/α,β-unsaturated/α-hetero) is 1. The predicted octanol–water partition coefficient (Wildman–Crippen LogP) is 4.75. The maximum absolute atomic E-state index is 11.7. The number of nitrogens with zero attached hydrogens (tertiary/aromatic N) is 2. The van der Waals surface area contributed by atoms with E-state index in [1.807, 2.05) is 19.1 Å². The van der Waals surface area contributed by atoms with Crippen molar-refractivity contribution in [2.45, 2.75) is 13.3 Å². The number of carbonyl (C=O) groups excluding carboxylic acids is 2. The summed E-state index contributed by atoms with van der Waals surface area (Å²) in [6.07, 6.45) is 1.86. The third kappa shape index (κ3) is 6.17. The van der Waals surface area contributed by atoms with Gasteiger partial charge in [0.05, 0.1) is 17.4 Å². The summed E-state index contributed by atoms with van der Waals surface area (Å²) in [6.45, 7) is 1.83. The maximum Gasteiger partial charge on any atom is 0.253 e. The molecule has 0 aliphatic rings. The number of para-hydroxylation sites is 2. The molecule has 3 rings (SSSR count). The number of hydrogen-bond donors (Lipinski definition) is 3. The second-order valence-corrected chi connectivity index (χ2v) is 6.69. The van der Waals surface area contributed by atoms with Crippen molar-refractivity contribution in [1.29, 1.82) is 0 Å². The molecule has 0 saturated heterocycles. The summed E-state index contributed by atoms with van der Waals surface area (Å²) in [5.74, 6) is 0.183. The van der Waals surface area contributed by atoms with Crippen molar-refractivity contribution in [3.63, 3.8) is 0 Å². The highest BCUT2D eigenvalue weighted by Gasteiger charge is 2.12. The zero-order valence-corrected chi connectivity index (χ0v) is 18.0. The summed E-state index contributed by atoms with van der Waals surface area (Å²) in [5, 5.41) is 5.89. The Morgan fingerprint density at radius 3 is 2.30 bits per heavy atom. The molecule has 7 nitrogen and oxygen atoms in total. The van der Waals surface area contributed by atoms with Crippen molar-refractivity contribution in [3.8, 4) is 0 Å². The van der Waals surface area contributed by atoms with Crippen LogP contribution in [0, 0.1) is 0 Å². The zero-order valence-electron chi connectivity index (χ0n) is 16.4. The van der Waals surface area contributed by atoms with Gasteiger partial charge in [-0.2, -0.15) is 0 Å². The molecule has 9 heteroatoms. The van der Waals surface area contributed by atoms with Crippen LogP contribution < -0.4 is 16.4 Å². The standard InChI is InChI=1S/C12H10Cl2N4O.C9H11NO/c1-15-12(19)7-4-2-3-5-8(7)17-11-10(14)16-6-9(13)18-11;1-2-9(11)7-5-3-4-6-8(7)10/h2-6H,1H3,(H,15,19)(H,17,18);3-6H,2,10H2,1H3. The van der Waals surface area contributed by atoms with Crippen LogP contribution in [-0.2, 0) is 0 Å². The normalized spacial score (nSPS) is 9.87. The van der Waals surface area contributed by atoms with E-state index < -0.39 is 0 Å². The Morgan fingerprint density at radius 1 is 1.03 bits per heavy atom. The number of amides is 1. The maximum atomic E-state index is 11.7. The van der Waals surface area contributed by atoms with E-state index in [9.17, 15) is 9.59 Å². The number of nitrogen functional groups attached to an aromatic ring is 1. The monoisotopic (exact) mass is 445 g/mol. The zero-order chi connectivity index (χ0) is 22.1. The highest BCUT2D eigenvalue weighted by Crippen LogP contribution is 2.25. The van der Waals surface area contributed by atoms with Crippen LogP contribution in [0.4, 0.5) is 17.2 Å². The van der Waals surface area contributed by atoms with Gasteiger partial charge in [-0.05, 0) is 24.3 Å². The van der Waals surface area contributed by atoms with Crippen molar-refractivity contribution >= 4 is 52.1 Å². The molecule has 0 saturated carbocycles. The molecule has 1 amide bonds. The number of ketones is 1. The minimum Gasteiger partial charge on any atom is -0.398 e. The molecular weight excluding hydrogens is 425 g/mol. The molecular formula is C21H21Cl2N5O2. The lowest BCUT2D eigenvalue weighted by molar-refractivity contribution is 0.0961. The van der Waals surface area contributed by atoms with Crippen molar-refractivity contribution in [3.05, 3.63) is 76.2 Å². The van der Waals surface area contributed by atoms with Gasteiger partial charge in [-0.25, -0.2) is 9.97 Å². The van der Waals surface area contributed by atoms with Crippen molar-refractivity contribution in [1.82, 2.24) is 15.3 Å². The van der Waals surface area contributed by atoms with Crippen LogP contribution >= 0.6 is 23.2 Å². The van der Waals surface area contributed by atoms with Crippen LogP contribution in [0.15, 0.2) is 54.7 Å². The van der Waals surface area contributed by atoms with Gasteiger partial charge in [-0.1, -0.05) is 54.4 Å². The number of halogens is 2. The quantitative estimate of drug-likeness (QED) is 0.386. The van der Waals surface area contributed by atoms with E-state index in [2.05, 4.69) is 20.6 Å². The Balaban J connectivity index is 0.000000248. The average molecular weight is 446 g/mol. The van der Waals surface area contributed by atoms with Gasteiger partial charge in [-0.15, -0.1) is 0 Å². The number of carbonyl (C=O) groups is 2. The summed E-state index contributed by atoms with van der Waals surface area (Å²) >= 11 is 11.7. The van der Waals surface area contributed by atoms with Crippen molar-refractivity contribution in [2.24, 2.45) is 0 Å².